The Bertz CT molecular complexity index is 375. The quantitative estimate of drug-likeness (QED) is 0.892. The highest BCUT2D eigenvalue weighted by molar-refractivity contribution is 5.19. The summed E-state index contributed by atoms with van der Waals surface area (Å²) >= 11 is 0. The van der Waals surface area contributed by atoms with E-state index in [2.05, 4.69) is 43.1 Å². The third-order valence-electron chi connectivity index (χ3n) is 4.71. The molecule has 1 aromatic rings. The Hall–Kier alpha value is -0.960. The molecule has 18 heavy (non-hydrogen) atoms. The molecule has 1 heterocycles. The standard InChI is InChI=1S/C15H25N3/c1-11-5-6-13(14(7-11)16-4)15(2,3)12-8-17-10-18-9-12/h8-11,13-14,16H,5-7H2,1-4H3. The number of hydrogen-bond donors (Lipinski definition) is 1. The van der Waals surface area contributed by atoms with Crippen LogP contribution in [0.15, 0.2) is 18.7 Å². The molecule has 1 aliphatic rings. The monoisotopic (exact) mass is 247 g/mol. The molecule has 100 valence electrons. The van der Waals surface area contributed by atoms with Gasteiger partial charge in [-0.3, -0.25) is 0 Å². The molecule has 3 unspecified atom stereocenters. The average molecular weight is 247 g/mol. The van der Waals surface area contributed by atoms with Crippen LogP contribution in [0.5, 0.6) is 0 Å². The van der Waals surface area contributed by atoms with Gasteiger partial charge < -0.3 is 5.32 Å². The second-order valence-corrected chi connectivity index (χ2v) is 6.27. The summed E-state index contributed by atoms with van der Waals surface area (Å²) in [6.45, 7) is 7.02. The second-order valence-electron chi connectivity index (χ2n) is 6.27. The Labute approximate surface area is 110 Å². The molecule has 3 nitrogen and oxygen atoms in total. The molecule has 0 saturated heterocycles. The SMILES string of the molecule is CNC1CC(C)CCC1C(C)(C)c1cncnc1. The predicted molar refractivity (Wildman–Crippen MR) is 74.4 cm³/mol. The van der Waals surface area contributed by atoms with Crippen molar-refractivity contribution in [1.82, 2.24) is 15.3 Å². The lowest BCUT2D eigenvalue weighted by molar-refractivity contribution is 0.151. The van der Waals surface area contributed by atoms with Crippen LogP contribution in [0.4, 0.5) is 0 Å². The van der Waals surface area contributed by atoms with E-state index in [-0.39, 0.29) is 5.41 Å². The van der Waals surface area contributed by atoms with E-state index in [0.29, 0.717) is 12.0 Å². The van der Waals surface area contributed by atoms with Crippen molar-refractivity contribution in [3.8, 4) is 0 Å². The molecule has 1 aromatic heterocycles. The van der Waals surface area contributed by atoms with Gasteiger partial charge in [0, 0.05) is 18.4 Å². The molecule has 1 aliphatic carbocycles. The van der Waals surface area contributed by atoms with Gasteiger partial charge in [0.25, 0.3) is 0 Å². The van der Waals surface area contributed by atoms with E-state index >= 15 is 0 Å². The lowest BCUT2D eigenvalue weighted by atomic mass is 9.64. The predicted octanol–water partition coefficient (Wildman–Crippen LogP) is 2.78. The maximum atomic E-state index is 4.18. The van der Waals surface area contributed by atoms with Gasteiger partial charge in [0.2, 0.25) is 0 Å². The minimum atomic E-state index is 0.134. The molecule has 0 radical (unpaired) electrons. The fourth-order valence-corrected chi connectivity index (χ4v) is 3.41. The summed E-state index contributed by atoms with van der Waals surface area (Å²) in [7, 11) is 2.09. The van der Waals surface area contributed by atoms with Crippen molar-refractivity contribution in [2.24, 2.45) is 11.8 Å². The van der Waals surface area contributed by atoms with Gasteiger partial charge in [-0.1, -0.05) is 27.2 Å². The molecular formula is C15H25N3. The smallest absolute Gasteiger partial charge is 0.115 e. The third kappa shape index (κ3) is 2.56. The van der Waals surface area contributed by atoms with Crippen molar-refractivity contribution >= 4 is 0 Å². The van der Waals surface area contributed by atoms with Crippen molar-refractivity contribution in [1.29, 1.82) is 0 Å². The fourth-order valence-electron chi connectivity index (χ4n) is 3.41. The molecule has 1 fully saturated rings. The normalized spacial score (nSPS) is 29.2. The number of nitrogens with zero attached hydrogens (tertiary/aromatic N) is 2. The van der Waals surface area contributed by atoms with Crippen molar-refractivity contribution in [3.05, 3.63) is 24.3 Å². The van der Waals surface area contributed by atoms with Crippen LogP contribution in [0.3, 0.4) is 0 Å². The van der Waals surface area contributed by atoms with Gasteiger partial charge >= 0.3 is 0 Å². The van der Waals surface area contributed by atoms with Gasteiger partial charge in [0.1, 0.15) is 6.33 Å². The first-order valence-electron chi connectivity index (χ1n) is 6.98. The Kier molecular flexibility index (Phi) is 4.00. The molecule has 0 amide bonds. The van der Waals surface area contributed by atoms with Crippen LogP contribution < -0.4 is 5.32 Å². The molecule has 3 atom stereocenters. The Morgan fingerprint density at radius 2 is 1.89 bits per heavy atom. The average Bonchev–Trinajstić information content (AvgIpc) is 2.39. The van der Waals surface area contributed by atoms with Crippen LogP contribution in [0.25, 0.3) is 0 Å². The van der Waals surface area contributed by atoms with E-state index in [9.17, 15) is 0 Å². The fraction of sp³-hybridized carbons (Fsp3) is 0.733. The van der Waals surface area contributed by atoms with E-state index in [1.807, 2.05) is 12.4 Å². The Morgan fingerprint density at radius 1 is 1.22 bits per heavy atom. The Balaban J connectivity index is 2.23. The zero-order valence-electron chi connectivity index (χ0n) is 12.0. The highest BCUT2D eigenvalue weighted by Gasteiger charge is 2.39. The van der Waals surface area contributed by atoms with Gasteiger partial charge in [0.15, 0.2) is 0 Å². The van der Waals surface area contributed by atoms with Gasteiger partial charge in [-0.05, 0) is 42.7 Å². The largest absolute Gasteiger partial charge is 0.317 e. The summed E-state index contributed by atoms with van der Waals surface area (Å²) in [5.74, 6) is 1.49. The van der Waals surface area contributed by atoms with Crippen LogP contribution >= 0.6 is 0 Å². The minimum absolute atomic E-state index is 0.134. The Morgan fingerprint density at radius 3 is 2.50 bits per heavy atom. The molecule has 1 N–H and O–H groups in total. The summed E-state index contributed by atoms with van der Waals surface area (Å²) in [5, 5.41) is 3.52. The topological polar surface area (TPSA) is 37.8 Å². The molecule has 0 aliphatic heterocycles. The molecule has 0 bridgehead atoms. The van der Waals surface area contributed by atoms with E-state index in [1.165, 1.54) is 24.8 Å². The first kappa shape index (κ1) is 13.5. The molecule has 3 heteroatoms. The maximum Gasteiger partial charge on any atom is 0.115 e. The van der Waals surface area contributed by atoms with Gasteiger partial charge in [-0.2, -0.15) is 0 Å². The zero-order valence-corrected chi connectivity index (χ0v) is 12.0. The van der Waals surface area contributed by atoms with Crippen LogP contribution in [-0.4, -0.2) is 23.1 Å². The number of hydrogen-bond acceptors (Lipinski definition) is 3. The second kappa shape index (κ2) is 5.35. The van der Waals surface area contributed by atoms with E-state index in [4.69, 9.17) is 0 Å². The number of nitrogens with one attached hydrogen (secondary N) is 1. The van der Waals surface area contributed by atoms with Crippen LogP contribution in [0.2, 0.25) is 0 Å². The lowest BCUT2D eigenvalue weighted by Gasteiger charge is -2.44. The highest BCUT2D eigenvalue weighted by atomic mass is 14.9. The van der Waals surface area contributed by atoms with Gasteiger partial charge in [-0.15, -0.1) is 0 Å². The number of rotatable bonds is 3. The van der Waals surface area contributed by atoms with Crippen molar-refractivity contribution in [3.63, 3.8) is 0 Å². The van der Waals surface area contributed by atoms with Crippen LogP contribution in [0, 0.1) is 11.8 Å². The molecular weight excluding hydrogens is 222 g/mol. The summed E-state index contributed by atoms with van der Waals surface area (Å²) in [6.07, 6.45) is 9.44. The lowest BCUT2D eigenvalue weighted by Crippen LogP contribution is -2.47. The van der Waals surface area contributed by atoms with E-state index in [1.54, 1.807) is 6.33 Å². The van der Waals surface area contributed by atoms with Gasteiger partial charge in [-0.25, -0.2) is 9.97 Å². The minimum Gasteiger partial charge on any atom is -0.317 e. The van der Waals surface area contributed by atoms with Crippen molar-refractivity contribution in [2.45, 2.75) is 51.5 Å². The summed E-state index contributed by atoms with van der Waals surface area (Å²) < 4.78 is 0. The highest BCUT2D eigenvalue weighted by Crippen LogP contribution is 2.41. The van der Waals surface area contributed by atoms with Crippen molar-refractivity contribution < 1.29 is 0 Å². The first-order valence-corrected chi connectivity index (χ1v) is 6.98. The maximum absolute atomic E-state index is 4.18. The summed E-state index contributed by atoms with van der Waals surface area (Å²) in [4.78, 5) is 8.36. The third-order valence-corrected chi connectivity index (χ3v) is 4.71. The summed E-state index contributed by atoms with van der Waals surface area (Å²) in [6, 6.07) is 0.601. The summed E-state index contributed by atoms with van der Waals surface area (Å²) in [5.41, 5.74) is 1.39. The van der Waals surface area contributed by atoms with Gasteiger partial charge in [0.05, 0.1) is 0 Å². The molecule has 0 aromatic carbocycles. The zero-order chi connectivity index (χ0) is 13.2. The molecule has 2 rings (SSSR count). The van der Waals surface area contributed by atoms with Crippen LogP contribution in [0.1, 0.15) is 45.6 Å². The first-order chi connectivity index (χ1) is 8.55. The van der Waals surface area contributed by atoms with Crippen molar-refractivity contribution in [2.75, 3.05) is 7.05 Å². The number of aromatic nitrogens is 2. The molecule has 1 saturated carbocycles. The molecule has 0 spiro atoms. The van der Waals surface area contributed by atoms with E-state index in [0.717, 1.165) is 5.92 Å². The van der Waals surface area contributed by atoms with E-state index < -0.39 is 0 Å². The van der Waals surface area contributed by atoms with Crippen LogP contribution in [-0.2, 0) is 5.41 Å².